The molecule has 0 spiro atoms. The lowest BCUT2D eigenvalue weighted by Crippen LogP contribution is -2.48. The SMILES string of the molecule is CCOc1ccccc1CN1CCC(O)(c2ccc3oc(C(=O)N4C[C@@H](C)O[C@@H](C)C4)cc3c2)CC1. The van der Waals surface area contributed by atoms with E-state index >= 15 is 0 Å². The number of hydrogen-bond donors (Lipinski definition) is 1. The fourth-order valence-electron chi connectivity index (χ4n) is 5.48. The molecule has 2 aliphatic heterocycles. The van der Waals surface area contributed by atoms with E-state index in [4.69, 9.17) is 13.9 Å². The quantitative estimate of drug-likeness (QED) is 0.544. The summed E-state index contributed by atoms with van der Waals surface area (Å²) in [4.78, 5) is 17.2. The van der Waals surface area contributed by atoms with Gasteiger partial charge in [-0.15, -0.1) is 0 Å². The maximum atomic E-state index is 13.1. The lowest BCUT2D eigenvalue weighted by molar-refractivity contribution is -0.0591. The van der Waals surface area contributed by atoms with Crippen LogP contribution in [0.15, 0.2) is 52.9 Å². The number of aliphatic hydroxyl groups is 1. The lowest BCUT2D eigenvalue weighted by atomic mass is 9.84. The first-order valence-corrected chi connectivity index (χ1v) is 13.0. The number of furan rings is 1. The third kappa shape index (κ3) is 5.14. The van der Waals surface area contributed by atoms with Crippen molar-refractivity contribution in [3.05, 3.63) is 65.4 Å². The van der Waals surface area contributed by atoms with E-state index in [0.29, 0.717) is 43.9 Å². The van der Waals surface area contributed by atoms with Crippen molar-refractivity contribution in [3.8, 4) is 5.75 Å². The molecule has 0 saturated carbocycles. The maximum Gasteiger partial charge on any atom is 0.289 e. The first-order chi connectivity index (χ1) is 17.3. The second kappa shape index (κ2) is 10.2. The maximum absolute atomic E-state index is 13.1. The fraction of sp³-hybridized carbons (Fsp3) is 0.483. The van der Waals surface area contributed by atoms with E-state index < -0.39 is 5.60 Å². The monoisotopic (exact) mass is 492 g/mol. The second-order valence-electron chi connectivity index (χ2n) is 10.2. The second-order valence-corrected chi connectivity index (χ2v) is 10.2. The predicted molar refractivity (Wildman–Crippen MR) is 138 cm³/mol. The third-order valence-electron chi connectivity index (χ3n) is 7.32. The number of hydrogen-bond acceptors (Lipinski definition) is 6. The molecule has 0 aliphatic carbocycles. The summed E-state index contributed by atoms with van der Waals surface area (Å²) in [5, 5.41) is 12.4. The molecule has 5 rings (SSSR count). The summed E-state index contributed by atoms with van der Waals surface area (Å²) >= 11 is 0. The number of morpholine rings is 1. The van der Waals surface area contributed by atoms with E-state index in [9.17, 15) is 9.90 Å². The summed E-state index contributed by atoms with van der Waals surface area (Å²) in [6, 6.07) is 15.7. The van der Waals surface area contributed by atoms with Gasteiger partial charge in [-0.25, -0.2) is 0 Å². The van der Waals surface area contributed by atoms with Crippen LogP contribution in [0.1, 0.15) is 55.3 Å². The van der Waals surface area contributed by atoms with Crippen LogP contribution < -0.4 is 4.74 Å². The lowest BCUT2D eigenvalue weighted by Gasteiger charge is -2.38. The Morgan fingerprint density at radius 1 is 1.08 bits per heavy atom. The molecule has 1 amide bonds. The van der Waals surface area contributed by atoms with Gasteiger partial charge in [-0.2, -0.15) is 0 Å². The van der Waals surface area contributed by atoms with Crippen molar-refractivity contribution in [2.24, 2.45) is 0 Å². The molecule has 0 radical (unpaired) electrons. The van der Waals surface area contributed by atoms with E-state index in [1.807, 2.05) is 57.2 Å². The Morgan fingerprint density at radius 2 is 1.81 bits per heavy atom. The summed E-state index contributed by atoms with van der Waals surface area (Å²) in [7, 11) is 0. The van der Waals surface area contributed by atoms with Crippen LogP contribution in [-0.4, -0.2) is 65.8 Å². The molecule has 2 saturated heterocycles. The van der Waals surface area contributed by atoms with Gasteiger partial charge in [0.25, 0.3) is 5.91 Å². The van der Waals surface area contributed by atoms with Gasteiger partial charge in [0, 0.05) is 43.7 Å². The number of rotatable bonds is 6. The van der Waals surface area contributed by atoms with E-state index in [2.05, 4.69) is 11.0 Å². The summed E-state index contributed by atoms with van der Waals surface area (Å²) in [6.07, 6.45) is 1.29. The van der Waals surface area contributed by atoms with Gasteiger partial charge in [0.15, 0.2) is 5.76 Å². The van der Waals surface area contributed by atoms with Crippen LogP contribution in [0.3, 0.4) is 0 Å². The van der Waals surface area contributed by atoms with Crippen molar-refractivity contribution in [2.75, 3.05) is 32.8 Å². The molecule has 0 unspecified atom stereocenters. The molecule has 2 aliphatic rings. The van der Waals surface area contributed by atoms with E-state index in [1.54, 1.807) is 11.0 Å². The number of ether oxygens (including phenoxy) is 2. The van der Waals surface area contributed by atoms with Crippen LogP contribution in [0.4, 0.5) is 0 Å². The van der Waals surface area contributed by atoms with Crippen molar-refractivity contribution in [1.29, 1.82) is 0 Å². The van der Waals surface area contributed by atoms with Crippen LogP contribution in [-0.2, 0) is 16.9 Å². The zero-order valence-corrected chi connectivity index (χ0v) is 21.4. The van der Waals surface area contributed by atoms with Gasteiger partial charge in [-0.1, -0.05) is 24.3 Å². The summed E-state index contributed by atoms with van der Waals surface area (Å²) < 4.78 is 17.4. The Balaban J connectivity index is 1.27. The average molecular weight is 493 g/mol. The van der Waals surface area contributed by atoms with Gasteiger partial charge in [0.1, 0.15) is 11.3 Å². The molecule has 0 bridgehead atoms. The topological polar surface area (TPSA) is 75.4 Å². The summed E-state index contributed by atoms with van der Waals surface area (Å²) in [5.74, 6) is 1.14. The normalized spacial score (nSPS) is 22.6. The Kier molecular flexibility index (Phi) is 7.06. The van der Waals surface area contributed by atoms with Crippen molar-refractivity contribution in [1.82, 2.24) is 9.80 Å². The number of para-hydroxylation sites is 1. The molecule has 2 atom stereocenters. The van der Waals surface area contributed by atoms with E-state index in [-0.39, 0.29) is 18.1 Å². The molecule has 192 valence electrons. The smallest absolute Gasteiger partial charge is 0.289 e. The molecule has 1 aromatic heterocycles. The zero-order chi connectivity index (χ0) is 25.3. The Morgan fingerprint density at radius 3 is 2.53 bits per heavy atom. The van der Waals surface area contributed by atoms with Crippen LogP contribution in [0.2, 0.25) is 0 Å². The number of carbonyl (C=O) groups excluding carboxylic acids is 1. The molecule has 36 heavy (non-hydrogen) atoms. The van der Waals surface area contributed by atoms with E-state index in [0.717, 1.165) is 36.3 Å². The van der Waals surface area contributed by atoms with Crippen molar-refractivity contribution in [2.45, 2.75) is 58.0 Å². The molecule has 3 heterocycles. The number of likely N-dealkylation sites (tertiary alicyclic amines) is 1. The van der Waals surface area contributed by atoms with Crippen molar-refractivity contribution < 1.29 is 23.8 Å². The number of carbonyl (C=O) groups is 1. The highest BCUT2D eigenvalue weighted by molar-refractivity contribution is 5.96. The third-order valence-corrected chi connectivity index (χ3v) is 7.32. The number of benzene rings is 2. The number of fused-ring (bicyclic) bond motifs is 1. The Hall–Kier alpha value is -2.87. The summed E-state index contributed by atoms with van der Waals surface area (Å²) in [6.45, 7) is 10.1. The van der Waals surface area contributed by atoms with Gasteiger partial charge in [0.05, 0.1) is 24.4 Å². The molecular formula is C29H36N2O5. The first-order valence-electron chi connectivity index (χ1n) is 13.0. The summed E-state index contributed by atoms with van der Waals surface area (Å²) in [5.41, 5.74) is 1.80. The van der Waals surface area contributed by atoms with Crippen LogP contribution in [0.25, 0.3) is 11.0 Å². The fourth-order valence-corrected chi connectivity index (χ4v) is 5.48. The number of nitrogens with zero attached hydrogens (tertiary/aromatic N) is 2. The van der Waals surface area contributed by atoms with Crippen LogP contribution in [0, 0.1) is 0 Å². The molecular weight excluding hydrogens is 456 g/mol. The molecule has 2 fully saturated rings. The molecule has 3 aromatic rings. The highest BCUT2D eigenvalue weighted by Crippen LogP contribution is 2.36. The van der Waals surface area contributed by atoms with Gasteiger partial charge < -0.3 is 23.9 Å². The van der Waals surface area contributed by atoms with Gasteiger partial charge >= 0.3 is 0 Å². The predicted octanol–water partition coefficient (Wildman–Crippen LogP) is 4.56. The zero-order valence-electron chi connectivity index (χ0n) is 21.4. The van der Waals surface area contributed by atoms with Crippen molar-refractivity contribution >= 4 is 16.9 Å². The van der Waals surface area contributed by atoms with Gasteiger partial charge in [-0.05, 0) is 63.4 Å². The first kappa shape index (κ1) is 24.8. The average Bonchev–Trinajstić information content (AvgIpc) is 3.29. The molecule has 7 heteroatoms. The Labute approximate surface area is 212 Å². The standard InChI is InChI=1S/C29H36N2O5/c1-4-34-25-8-6-5-7-22(25)19-30-13-11-29(33,12-14-30)24-9-10-26-23(15-24)16-27(36-26)28(32)31-17-20(2)35-21(3)18-31/h5-10,15-16,20-21,33H,4,11-14,17-19H2,1-3H3/t20-,21+. The minimum Gasteiger partial charge on any atom is -0.494 e. The highest BCUT2D eigenvalue weighted by atomic mass is 16.5. The van der Waals surface area contributed by atoms with E-state index in [1.165, 1.54) is 5.56 Å². The number of amides is 1. The highest BCUT2D eigenvalue weighted by Gasteiger charge is 2.35. The molecule has 1 N–H and O–H groups in total. The van der Waals surface area contributed by atoms with Gasteiger partial charge in [-0.3, -0.25) is 9.69 Å². The van der Waals surface area contributed by atoms with Crippen molar-refractivity contribution in [3.63, 3.8) is 0 Å². The molecule has 2 aromatic carbocycles. The van der Waals surface area contributed by atoms with Crippen LogP contribution in [0.5, 0.6) is 5.75 Å². The largest absolute Gasteiger partial charge is 0.494 e. The van der Waals surface area contributed by atoms with Gasteiger partial charge in [0.2, 0.25) is 0 Å². The minimum absolute atomic E-state index is 0.00134. The Bertz CT molecular complexity index is 1200. The number of piperidine rings is 1. The van der Waals surface area contributed by atoms with Crippen LogP contribution >= 0.6 is 0 Å². The minimum atomic E-state index is -0.902. The molecule has 7 nitrogen and oxygen atoms in total.